The van der Waals surface area contributed by atoms with Crippen molar-refractivity contribution in [2.45, 2.75) is 82.3 Å². The van der Waals surface area contributed by atoms with Crippen LogP contribution in [0.15, 0.2) is 0 Å². The predicted octanol–water partition coefficient (Wildman–Crippen LogP) is 2.93. The molecule has 0 radical (unpaired) electrons. The van der Waals surface area contributed by atoms with Gasteiger partial charge in [0.15, 0.2) is 0 Å². The molecule has 2 unspecified atom stereocenters. The Kier molecular flexibility index (Phi) is 4.02. The third-order valence-electron chi connectivity index (χ3n) is 5.15. The SMILES string of the molecule is C1CCCC(N2CCC3CCC(C2)N3)CCC1. The fourth-order valence-electron chi connectivity index (χ4n) is 4.10. The first-order valence-electron chi connectivity index (χ1n) is 7.92. The zero-order chi connectivity index (χ0) is 11.5. The van der Waals surface area contributed by atoms with E-state index in [2.05, 4.69) is 10.2 Å². The van der Waals surface area contributed by atoms with E-state index in [1.165, 1.54) is 77.3 Å². The summed E-state index contributed by atoms with van der Waals surface area (Å²) < 4.78 is 0. The minimum atomic E-state index is 0.813. The fraction of sp³-hybridized carbons (Fsp3) is 1.00. The molecule has 2 atom stereocenters. The van der Waals surface area contributed by atoms with Crippen LogP contribution in [0.4, 0.5) is 0 Å². The Morgan fingerprint density at radius 1 is 0.706 bits per heavy atom. The molecule has 2 bridgehead atoms. The largest absolute Gasteiger partial charge is 0.310 e. The molecule has 3 rings (SSSR count). The molecule has 0 aromatic heterocycles. The lowest BCUT2D eigenvalue weighted by Gasteiger charge is -2.34. The lowest BCUT2D eigenvalue weighted by atomic mass is 9.94. The molecule has 1 N–H and O–H groups in total. The van der Waals surface area contributed by atoms with Crippen molar-refractivity contribution < 1.29 is 0 Å². The summed E-state index contributed by atoms with van der Waals surface area (Å²) in [4.78, 5) is 2.84. The summed E-state index contributed by atoms with van der Waals surface area (Å²) in [6, 6.07) is 2.57. The highest BCUT2D eigenvalue weighted by Crippen LogP contribution is 2.26. The number of hydrogen-bond donors (Lipinski definition) is 1. The molecule has 17 heavy (non-hydrogen) atoms. The van der Waals surface area contributed by atoms with Crippen molar-refractivity contribution in [3.8, 4) is 0 Å². The van der Waals surface area contributed by atoms with Gasteiger partial charge in [0.1, 0.15) is 0 Å². The number of likely N-dealkylation sites (tertiary alicyclic amines) is 1. The van der Waals surface area contributed by atoms with E-state index in [0.29, 0.717) is 0 Å². The third kappa shape index (κ3) is 3.03. The maximum absolute atomic E-state index is 3.81. The smallest absolute Gasteiger partial charge is 0.0198 e. The van der Waals surface area contributed by atoms with Crippen LogP contribution in [0.2, 0.25) is 0 Å². The second-order valence-electron chi connectivity index (χ2n) is 6.42. The zero-order valence-corrected chi connectivity index (χ0v) is 11.2. The Balaban J connectivity index is 1.58. The highest BCUT2D eigenvalue weighted by molar-refractivity contribution is 4.91. The van der Waals surface area contributed by atoms with Crippen LogP contribution in [0.1, 0.15) is 64.2 Å². The van der Waals surface area contributed by atoms with Gasteiger partial charge in [0, 0.05) is 24.7 Å². The van der Waals surface area contributed by atoms with Crippen LogP contribution in [-0.2, 0) is 0 Å². The van der Waals surface area contributed by atoms with Crippen molar-refractivity contribution in [2.24, 2.45) is 0 Å². The Bertz CT molecular complexity index is 233. The number of fused-ring (bicyclic) bond motifs is 2. The Hall–Kier alpha value is -0.0800. The zero-order valence-electron chi connectivity index (χ0n) is 11.2. The number of nitrogens with one attached hydrogen (secondary N) is 1. The molecule has 1 saturated carbocycles. The van der Waals surface area contributed by atoms with Crippen LogP contribution in [0.3, 0.4) is 0 Å². The average molecular weight is 236 g/mol. The van der Waals surface area contributed by atoms with Crippen LogP contribution in [-0.4, -0.2) is 36.1 Å². The van der Waals surface area contributed by atoms with Gasteiger partial charge in [-0.05, 0) is 38.6 Å². The first-order valence-corrected chi connectivity index (χ1v) is 7.92. The third-order valence-corrected chi connectivity index (χ3v) is 5.15. The van der Waals surface area contributed by atoms with Gasteiger partial charge in [-0.1, -0.05) is 32.1 Å². The molecule has 0 spiro atoms. The molecule has 3 fully saturated rings. The quantitative estimate of drug-likeness (QED) is 0.753. The van der Waals surface area contributed by atoms with Gasteiger partial charge >= 0.3 is 0 Å². The van der Waals surface area contributed by atoms with Gasteiger partial charge in [-0.15, -0.1) is 0 Å². The molecule has 2 heterocycles. The summed E-state index contributed by atoms with van der Waals surface area (Å²) in [5.41, 5.74) is 0. The highest BCUT2D eigenvalue weighted by atomic mass is 15.2. The predicted molar refractivity (Wildman–Crippen MR) is 72.2 cm³/mol. The van der Waals surface area contributed by atoms with Crippen molar-refractivity contribution in [3.05, 3.63) is 0 Å². The Labute approximate surface area is 106 Å². The molecule has 3 aliphatic rings. The average Bonchev–Trinajstić information content (AvgIpc) is 2.59. The fourth-order valence-corrected chi connectivity index (χ4v) is 4.10. The van der Waals surface area contributed by atoms with Gasteiger partial charge in [0.25, 0.3) is 0 Å². The van der Waals surface area contributed by atoms with Crippen LogP contribution < -0.4 is 5.32 Å². The molecular formula is C15H28N2. The summed E-state index contributed by atoms with van der Waals surface area (Å²) in [6.07, 6.45) is 14.6. The first-order chi connectivity index (χ1) is 8.42. The normalized spacial score (nSPS) is 37.4. The summed E-state index contributed by atoms with van der Waals surface area (Å²) in [5.74, 6) is 0. The highest BCUT2D eigenvalue weighted by Gasteiger charge is 2.31. The molecule has 2 aliphatic heterocycles. The monoisotopic (exact) mass is 236 g/mol. The summed E-state index contributed by atoms with van der Waals surface area (Å²) in [7, 11) is 0. The summed E-state index contributed by atoms with van der Waals surface area (Å²) in [6.45, 7) is 2.69. The second-order valence-corrected chi connectivity index (χ2v) is 6.42. The topological polar surface area (TPSA) is 15.3 Å². The maximum Gasteiger partial charge on any atom is 0.0198 e. The van der Waals surface area contributed by atoms with Gasteiger partial charge in [-0.2, -0.15) is 0 Å². The molecule has 0 aromatic carbocycles. The maximum atomic E-state index is 3.81. The van der Waals surface area contributed by atoms with Gasteiger partial charge in [-0.3, -0.25) is 4.90 Å². The van der Waals surface area contributed by atoms with E-state index >= 15 is 0 Å². The van der Waals surface area contributed by atoms with E-state index in [1.54, 1.807) is 0 Å². The van der Waals surface area contributed by atoms with E-state index in [4.69, 9.17) is 0 Å². The van der Waals surface area contributed by atoms with Crippen LogP contribution in [0.25, 0.3) is 0 Å². The summed E-state index contributed by atoms with van der Waals surface area (Å²) in [5, 5.41) is 3.81. The molecule has 2 nitrogen and oxygen atoms in total. The number of rotatable bonds is 1. The molecule has 98 valence electrons. The molecule has 2 heteroatoms. The van der Waals surface area contributed by atoms with Gasteiger partial charge in [0.2, 0.25) is 0 Å². The van der Waals surface area contributed by atoms with Crippen molar-refractivity contribution in [1.29, 1.82) is 0 Å². The van der Waals surface area contributed by atoms with Gasteiger partial charge in [0.05, 0.1) is 0 Å². The van der Waals surface area contributed by atoms with Gasteiger partial charge < -0.3 is 5.32 Å². The second kappa shape index (κ2) is 5.71. The standard InChI is InChI=1S/C15H28N2/c1-2-4-6-15(7-5-3-1)17-11-10-13-8-9-14(12-17)16-13/h13-16H,1-12H2. The molecular weight excluding hydrogens is 208 g/mol. The Morgan fingerprint density at radius 2 is 1.41 bits per heavy atom. The van der Waals surface area contributed by atoms with E-state index in [9.17, 15) is 0 Å². The van der Waals surface area contributed by atoms with Crippen LogP contribution in [0, 0.1) is 0 Å². The van der Waals surface area contributed by atoms with Crippen LogP contribution in [0.5, 0.6) is 0 Å². The molecule has 0 amide bonds. The lowest BCUT2D eigenvalue weighted by molar-refractivity contribution is 0.158. The van der Waals surface area contributed by atoms with Crippen molar-refractivity contribution in [3.63, 3.8) is 0 Å². The first kappa shape index (κ1) is 12.0. The van der Waals surface area contributed by atoms with Crippen LogP contribution >= 0.6 is 0 Å². The number of hydrogen-bond acceptors (Lipinski definition) is 2. The summed E-state index contributed by atoms with van der Waals surface area (Å²) >= 11 is 0. The van der Waals surface area contributed by atoms with E-state index in [-0.39, 0.29) is 0 Å². The number of nitrogens with zero attached hydrogens (tertiary/aromatic N) is 1. The van der Waals surface area contributed by atoms with E-state index in [1.807, 2.05) is 0 Å². The molecule has 1 aliphatic carbocycles. The van der Waals surface area contributed by atoms with Crippen molar-refractivity contribution in [2.75, 3.05) is 13.1 Å². The van der Waals surface area contributed by atoms with E-state index in [0.717, 1.165) is 18.1 Å². The van der Waals surface area contributed by atoms with Crippen molar-refractivity contribution in [1.82, 2.24) is 10.2 Å². The minimum Gasteiger partial charge on any atom is -0.310 e. The lowest BCUT2D eigenvalue weighted by Crippen LogP contribution is -2.42. The van der Waals surface area contributed by atoms with Gasteiger partial charge in [-0.25, -0.2) is 0 Å². The molecule has 0 aromatic rings. The Morgan fingerprint density at radius 3 is 2.24 bits per heavy atom. The van der Waals surface area contributed by atoms with E-state index < -0.39 is 0 Å². The van der Waals surface area contributed by atoms with Crippen molar-refractivity contribution >= 4 is 0 Å². The molecule has 2 saturated heterocycles. The minimum absolute atomic E-state index is 0.813.